The van der Waals surface area contributed by atoms with Gasteiger partial charge in [-0.25, -0.2) is 10.7 Å². The van der Waals surface area contributed by atoms with E-state index in [9.17, 15) is 4.79 Å². The van der Waals surface area contributed by atoms with Gasteiger partial charge < -0.3 is 4.98 Å². The van der Waals surface area contributed by atoms with E-state index in [1.54, 1.807) is 6.07 Å². The van der Waals surface area contributed by atoms with E-state index < -0.39 is 0 Å². The standard InChI is InChI=1S/C5H6N2O3/c8-5-4(7-10-9)2-1-3-6-5/h1-3,7,9H,(H,6,8). The van der Waals surface area contributed by atoms with Crippen molar-refractivity contribution in [1.29, 1.82) is 0 Å². The van der Waals surface area contributed by atoms with Crippen LogP contribution >= 0.6 is 0 Å². The molecule has 1 aromatic heterocycles. The molecule has 3 N–H and O–H groups in total. The van der Waals surface area contributed by atoms with Gasteiger partial charge in [0.05, 0.1) is 0 Å². The highest BCUT2D eigenvalue weighted by molar-refractivity contribution is 5.36. The molecule has 1 heterocycles. The van der Waals surface area contributed by atoms with Crippen molar-refractivity contribution < 1.29 is 10.2 Å². The zero-order valence-electron chi connectivity index (χ0n) is 5.00. The Labute approximate surface area is 56.2 Å². The van der Waals surface area contributed by atoms with Gasteiger partial charge in [0.15, 0.2) is 0 Å². The first-order valence-corrected chi connectivity index (χ1v) is 2.58. The number of rotatable bonds is 2. The highest BCUT2D eigenvalue weighted by atomic mass is 17.2. The number of nitrogens with one attached hydrogen (secondary N) is 2. The molecule has 54 valence electrons. The summed E-state index contributed by atoms with van der Waals surface area (Å²) in [4.78, 5) is 16.6. The van der Waals surface area contributed by atoms with Gasteiger partial charge in [0.1, 0.15) is 5.69 Å². The molecule has 0 radical (unpaired) electrons. The van der Waals surface area contributed by atoms with Crippen LogP contribution in [0.2, 0.25) is 0 Å². The molecule has 1 rings (SSSR count). The minimum Gasteiger partial charge on any atom is -0.327 e. The predicted octanol–water partition coefficient (Wildman–Crippen LogP) is 0.191. The second kappa shape index (κ2) is 3.00. The summed E-state index contributed by atoms with van der Waals surface area (Å²) in [6, 6.07) is 3.07. The maximum Gasteiger partial charge on any atom is 0.273 e. The average Bonchev–Trinajstić information content (AvgIpc) is 1.94. The van der Waals surface area contributed by atoms with Crippen LogP contribution < -0.4 is 11.0 Å². The SMILES string of the molecule is O=c1[nH]cccc1NOO. The van der Waals surface area contributed by atoms with Crippen molar-refractivity contribution >= 4 is 5.69 Å². The summed E-state index contributed by atoms with van der Waals surface area (Å²) >= 11 is 0. The smallest absolute Gasteiger partial charge is 0.273 e. The Morgan fingerprint density at radius 2 is 2.50 bits per heavy atom. The van der Waals surface area contributed by atoms with E-state index >= 15 is 0 Å². The second-order valence-corrected chi connectivity index (χ2v) is 1.61. The van der Waals surface area contributed by atoms with Crippen LogP contribution in [0.15, 0.2) is 23.1 Å². The van der Waals surface area contributed by atoms with Gasteiger partial charge in [0, 0.05) is 6.20 Å². The summed E-state index contributed by atoms with van der Waals surface area (Å²) < 4.78 is 0. The normalized spacial score (nSPS) is 9.30. The molecule has 5 nitrogen and oxygen atoms in total. The number of aromatic amines is 1. The first-order valence-electron chi connectivity index (χ1n) is 2.58. The molecule has 0 fully saturated rings. The van der Waals surface area contributed by atoms with Crippen LogP contribution in [0.4, 0.5) is 5.69 Å². The Hall–Kier alpha value is -1.33. The summed E-state index contributed by atoms with van der Waals surface area (Å²) in [6.07, 6.45) is 1.48. The van der Waals surface area contributed by atoms with Crippen LogP contribution in [0.3, 0.4) is 0 Å². The van der Waals surface area contributed by atoms with Crippen molar-refractivity contribution in [1.82, 2.24) is 4.98 Å². The quantitative estimate of drug-likeness (QED) is 0.407. The Morgan fingerprint density at radius 1 is 1.70 bits per heavy atom. The van der Waals surface area contributed by atoms with Crippen molar-refractivity contribution in [3.63, 3.8) is 0 Å². The van der Waals surface area contributed by atoms with Crippen molar-refractivity contribution in [2.24, 2.45) is 0 Å². The topological polar surface area (TPSA) is 74.4 Å². The zero-order chi connectivity index (χ0) is 7.40. The fraction of sp³-hybridized carbons (Fsp3) is 0. The monoisotopic (exact) mass is 142 g/mol. The molecular weight excluding hydrogens is 136 g/mol. The van der Waals surface area contributed by atoms with Gasteiger partial charge in [-0.15, -0.1) is 4.99 Å². The molecule has 0 amide bonds. The van der Waals surface area contributed by atoms with Crippen molar-refractivity contribution in [2.75, 3.05) is 5.48 Å². The van der Waals surface area contributed by atoms with E-state index in [1.807, 2.05) is 5.48 Å². The molecule has 0 unspecified atom stereocenters. The molecule has 1 aromatic rings. The first kappa shape index (κ1) is 6.79. The van der Waals surface area contributed by atoms with E-state index in [4.69, 9.17) is 5.26 Å². The van der Waals surface area contributed by atoms with E-state index in [-0.39, 0.29) is 11.2 Å². The third kappa shape index (κ3) is 1.34. The number of hydrogen-bond donors (Lipinski definition) is 3. The van der Waals surface area contributed by atoms with Crippen LogP contribution in [0.25, 0.3) is 0 Å². The molecule has 0 aromatic carbocycles. The first-order chi connectivity index (χ1) is 4.84. The lowest BCUT2D eigenvalue weighted by atomic mass is 10.4. The Morgan fingerprint density at radius 3 is 3.10 bits per heavy atom. The minimum absolute atomic E-state index is 0.157. The van der Waals surface area contributed by atoms with Crippen molar-refractivity contribution in [3.05, 3.63) is 28.7 Å². The Kier molecular flexibility index (Phi) is 2.03. The molecule has 0 atom stereocenters. The van der Waals surface area contributed by atoms with Crippen LogP contribution in [0, 0.1) is 0 Å². The lowest BCUT2D eigenvalue weighted by molar-refractivity contribution is -0.215. The molecule has 0 saturated carbocycles. The minimum atomic E-state index is -0.350. The van der Waals surface area contributed by atoms with E-state index in [1.165, 1.54) is 12.3 Å². The summed E-state index contributed by atoms with van der Waals surface area (Å²) in [5.41, 5.74) is 1.79. The van der Waals surface area contributed by atoms with Gasteiger partial charge in [0.25, 0.3) is 5.56 Å². The molecule has 5 heteroatoms. The second-order valence-electron chi connectivity index (χ2n) is 1.61. The molecule has 0 spiro atoms. The number of aromatic nitrogens is 1. The highest BCUT2D eigenvalue weighted by Crippen LogP contribution is 1.93. The number of H-pyrrole nitrogens is 1. The molecule has 0 saturated heterocycles. The lowest BCUT2D eigenvalue weighted by Gasteiger charge is -1.96. The van der Waals surface area contributed by atoms with Gasteiger partial charge in [-0.3, -0.25) is 4.79 Å². The fourth-order valence-electron chi connectivity index (χ4n) is 0.551. The van der Waals surface area contributed by atoms with Gasteiger partial charge in [-0.05, 0) is 12.1 Å². The summed E-state index contributed by atoms with van der Waals surface area (Å²) in [5, 5.41) is 7.88. The van der Waals surface area contributed by atoms with Crippen LogP contribution in [0.5, 0.6) is 0 Å². The van der Waals surface area contributed by atoms with E-state index in [2.05, 4.69) is 9.97 Å². The molecule has 0 bridgehead atoms. The molecule has 0 aliphatic heterocycles. The number of hydrogen-bond acceptors (Lipinski definition) is 4. The van der Waals surface area contributed by atoms with Crippen LogP contribution in [-0.2, 0) is 4.99 Å². The Bertz CT molecular complexity index is 257. The van der Waals surface area contributed by atoms with Crippen molar-refractivity contribution in [2.45, 2.75) is 0 Å². The molecule has 10 heavy (non-hydrogen) atoms. The maximum atomic E-state index is 10.7. The maximum absolute atomic E-state index is 10.7. The summed E-state index contributed by atoms with van der Waals surface area (Å²) in [7, 11) is 0. The lowest BCUT2D eigenvalue weighted by Crippen LogP contribution is -2.11. The summed E-state index contributed by atoms with van der Waals surface area (Å²) in [5.74, 6) is 0. The number of anilines is 1. The molecular formula is C5H6N2O3. The molecule has 0 aliphatic rings. The van der Waals surface area contributed by atoms with Gasteiger partial charge in [-0.2, -0.15) is 0 Å². The Balaban J connectivity index is 2.92. The third-order valence-corrected chi connectivity index (χ3v) is 0.974. The van der Waals surface area contributed by atoms with Gasteiger partial charge >= 0.3 is 0 Å². The van der Waals surface area contributed by atoms with Gasteiger partial charge in [0.2, 0.25) is 0 Å². The van der Waals surface area contributed by atoms with Crippen LogP contribution in [0.1, 0.15) is 0 Å². The highest BCUT2D eigenvalue weighted by Gasteiger charge is 1.93. The molecule has 0 aliphatic carbocycles. The number of pyridine rings is 1. The van der Waals surface area contributed by atoms with Gasteiger partial charge in [-0.1, -0.05) is 0 Å². The average molecular weight is 142 g/mol. The zero-order valence-corrected chi connectivity index (χ0v) is 5.00. The summed E-state index contributed by atoms with van der Waals surface area (Å²) in [6.45, 7) is 0. The fourth-order valence-corrected chi connectivity index (χ4v) is 0.551. The van der Waals surface area contributed by atoms with Crippen LogP contribution in [-0.4, -0.2) is 10.2 Å². The van der Waals surface area contributed by atoms with E-state index in [0.717, 1.165) is 0 Å². The largest absolute Gasteiger partial charge is 0.327 e. The third-order valence-electron chi connectivity index (χ3n) is 0.974. The van der Waals surface area contributed by atoms with Crippen molar-refractivity contribution in [3.8, 4) is 0 Å². The predicted molar refractivity (Wildman–Crippen MR) is 34.4 cm³/mol. The van der Waals surface area contributed by atoms with E-state index in [0.29, 0.717) is 0 Å².